The molecule has 0 saturated carbocycles. The molecule has 0 saturated heterocycles. The number of nitrogens with one attached hydrogen (secondary N) is 1. The van der Waals surface area contributed by atoms with Crippen LogP contribution in [0, 0.1) is 0 Å². The molecule has 1 N–H and O–H groups in total. The first-order chi connectivity index (χ1) is 12.7. The second-order valence-corrected chi connectivity index (χ2v) is 6.32. The average molecular weight is 412 g/mol. The van der Waals surface area contributed by atoms with Crippen LogP contribution in [0.3, 0.4) is 0 Å². The van der Waals surface area contributed by atoms with E-state index in [9.17, 15) is 4.79 Å². The summed E-state index contributed by atoms with van der Waals surface area (Å²) in [6, 6.07) is 19.0. The van der Waals surface area contributed by atoms with Crippen molar-refractivity contribution in [2.45, 2.75) is 0 Å². The van der Waals surface area contributed by atoms with Gasteiger partial charge in [-0.1, -0.05) is 55.1 Å². The van der Waals surface area contributed by atoms with E-state index < -0.39 is 0 Å². The minimum Gasteiger partial charge on any atom is -0.487 e. The van der Waals surface area contributed by atoms with E-state index in [1.165, 1.54) is 0 Å². The van der Waals surface area contributed by atoms with Crippen LogP contribution in [-0.4, -0.2) is 19.1 Å². The highest BCUT2D eigenvalue weighted by Gasteiger charge is 2.11. The summed E-state index contributed by atoms with van der Waals surface area (Å²) in [5.41, 5.74) is 0.598. The average Bonchev–Trinajstić information content (AvgIpc) is 2.67. The van der Waals surface area contributed by atoms with Crippen molar-refractivity contribution in [3.05, 3.63) is 77.8 Å². The Kier molecular flexibility index (Phi) is 5.92. The highest BCUT2D eigenvalue weighted by molar-refractivity contribution is 9.10. The van der Waals surface area contributed by atoms with E-state index in [1.807, 2.05) is 48.5 Å². The third-order valence-corrected chi connectivity index (χ3v) is 4.52. The standard InChI is InChI=1S/C21H18BrNO3/c1-2-13-25-18-10-6-5-9-17(18)23-20(24)14-26-19-12-11-15-7-3-4-8-16(15)21(19)22/h2-12H,1,13-14H2,(H,23,24). The van der Waals surface area contributed by atoms with Gasteiger partial charge in [-0.15, -0.1) is 0 Å². The van der Waals surface area contributed by atoms with Crippen LogP contribution >= 0.6 is 15.9 Å². The van der Waals surface area contributed by atoms with E-state index >= 15 is 0 Å². The molecule has 4 nitrogen and oxygen atoms in total. The molecule has 0 aliphatic rings. The Morgan fingerprint density at radius 3 is 2.62 bits per heavy atom. The van der Waals surface area contributed by atoms with Gasteiger partial charge in [0.1, 0.15) is 18.1 Å². The van der Waals surface area contributed by atoms with Gasteiger partial charge in [-0.3, -0.25) is 4.79 Å². The molecule has 132 valence electrons. The number of amides is 1. The van der Waals surface area contributed by atoms with Gasteiger partial charge in [-0.05, 0) is 44.9 Å². The molecular weight excluding hydrogens is 394 g/mol. The largest absolute Gasteiger partial charge is 0.487 e. The SMILES string of the molecule is C=CCOc1ccccc1NC(=O)COc1ccc2ccccc2c1Br. The lowest BCUT2D eigenvalue weighted by Gasteiger charge is -2.13. The van der Waals surface area contributed by atoms with Gasteiger partial charge in [0.15, 0.2) is 6.61 Å². The Balaban J connectivity index is 1.66. The van der Waals surface area contributed by atoms with Gasteiger partial charge in [0.2, 0.25) is 0 Å². The smallest absolute Gasteiger partial charge is 0.262 e. The first-order valence-corrected chi connectivity index (χ1v) is 8.91. The van der Waals surface area contributed by atoms with E-state index in [2.05, 4.69) is 27.8 Å². The highest BCUT2D eigenvalue weighted by atomic mass is 79.9. The highest BCUT2D eigenvalue weighted by Crippen LogP contribution is 2.33. The molecule has 0 unspecified atom stereocenters. The van der Waals surface area contributed by atoms with Crippen molar-refractivity contribution < 1.29 is 14.3 Å². The van der Waals surface area contributed by atoms with Crippen LogP contribution in [0.5, 0.6) is 11.5 Å². The zero-order chi connectivity index (χ0) is 18.4. The van der Waals surface area contributed by atoms with Crippen LogP contribution in [0.4, 0.5) is 5.69 Å². The second kappa shape index (κ2) is 8.54. The number of carbonyl (C=O) groups excluding carboxylic acids is 1. The Hall–Kier alpha value is -2.79. The predicted octanol–water partition coefficient (Wildman–Crippen LogP) is 5.18. The molecule has 3 aromatic carbocycles. The zero-order valence-electron chi connectivity index (χ0n) is 14.1. The zero-order valence-corrected chi connectivity index (χ0v) is 15.7. The molecule has 0 aliphatic heterocycles. The number of fused-ring (bicyclic) bond motifs is 1. The third kappa shape index (κ3) is 4.24. The van der Waals surface area contributed by atoms with Crippen molar-refractivity contribution in [1.82, 2.24) is 0 Å². The first-order valence-electron chi connectivity index (χ1n) is 8.11. The monoisotopic (exact) mass is 411 g/mol. The van der Waals surface area contributed by atoms with Crippen LogP contribution in [0.15, 0.2) is 77.8 Å². The summed E-state index contributed by atoms with van der Waals surface area (Å²) in [7, 11) is 0. The minimum absolute atomic E-state index is 0.104. The number of benzene rings is 3. The number of rotatable bonds is 7. The normalized spacial score (nSPS) is 10.3. The first kappa shape index (κ1) is 18.0. The molecule has 0 heterocycles. The number of para-hydroxylation sites is 2. The van der Waals surface area contributed by atoms with Crippen LogP contribution in [-0.2, 0) is 4.79 Å². The van der Waals surface area contributed by atoms with E-state index in [4.69, 9.17) is 9.47 Å². The van der Waals surface area contributed by atoms with Gasteiger partial charge >= 0.3 is 0 Å². The summed E-state index contributed by atoms with van der Waals surface area (Å²) in [6.45, 7) is 3.89. The van der Waals surface area contributed by atoms with Gasteiger partial charge in [-0.2, -0.15) is 0 Å². The molecule has 0 aromatic heterocycles. The minimum atomic E-state index is -0.264. The number of hydrogen-bond acceptors (Lipinski definition) is 3. The Morgan fingerprint density at radius 2 is 1.77 bits per heavy atom. The van der Waals surface area contributed by atoms with Gasteiger partial charge in [0, 0.05) is 0 Å². The van der Waals surface area contributed by atoms with Crippen molar-refractivity contribution in [3.8, 4) is 11.5 Å². The number of halogens is 1. The Morgan fingerprint density at radius 1 is 1.00 bits per heavy atom. The van der Waals surface area contributed by atoms with E-state index in [0.717, 1.165) is 15.2 Å². The van der Waals surface area contributed by atoms with Crippen LogP contribution in [0.25, 0.3) is 10.8 Å². The summed E-state index contributed by atoms with van der Waals surface area (Å²) in [4.78, 5) is 12.3. The lowest BCUT2D eigenvalue weighted by molar-refractivity contribution is -0.118. The Bertz CT molecular complexity index is 939. The number of carbonyl (C=O) groups is 1. The molecule has 3 aromatic rings. The molecule has 0 bridgehead atoms. The maximum Gasteiger partial charge on any atom is 0.262 e. The lowest BCUT2D eigenvalue weighted by Crippen LogP contribution is -2.20. The second-order valence-electron chi connectivity index (χ2n) is 5.53. The molecule has 0 radical (unpaired) electrons. The van der Waals surface area contributed by atoms with E-state index in [0.29, 0.717) is 23.8 Å². The molecule has 26 heavy (non-hydrogen) atoms. The lowest BCUT2D eigenvalue weighted by atomic mass is 10.1. The molecule has 0 spiro atoms. The molecule has 0 atom stereocenters. The number of hydrogen-bond donors (Lipinski definition) is 1. The number of ether oxygens (including phenoxy) is 2. The van der Waals surface area contributed by atoms with Gasteiger partial charge in [0.25, 0.3) is 5.91 Å². The van der Waals surface area contributed by atoms with Crippen molar-refractivity contribution in [2.75, 3.05) is 18.5 Å². The maximum absolute atomic E-state index is 12.3. The summed E-state index contributed by atoms with van der Waals surface area (Å²) >= 11 is 3.55. The third-order valence-electron chi connectivity index (χ3n) is 3.70. The van der Waals surface area contributed by atoms with Crippen LogP contribution < -0.4 is 14.8 Å². The molecule has 5 heteroatoms. The molecule has 1 amide bonds. The van der Waals surface area contributed by atoms with Gasteiger partial charge in [-0.25, -0.2) is 0 Å². The topological polar surface area (TPSA) is 47.6 Å². The molecule has 0 fully saturated rings. The summed E-state index contributed by atoms with van der Waals surface area (Å²) in [5.74, 6) is 0.947. The van der Waals surface area contributed by atoms with Gasteiger partial charge < -0.3 is 14.8 Å². The van der Waals surface area contributed by atoms with Crippen molar-refractivity contribution in [2.24, 2.45) is 0 Å². The molecular formula is C21H18BrNO3. The number of anilines is 1. The van der Waals surface area contributed by atoms with Crippen LogP contribution in [0.2, 0.25) is 0 Å². The Labute approximate surface area is 160 Å². The molecule has 0 aliphatic carbocycles. The quantitative estimate of drug-likeness (QED) is 0.544. The molecule has 3 rings (SSSR count). The summed E-state index contributed by atoms with van der Waals surface area (Å²) in [5, 5.41) is 4.94. The van der Waals surface area contributed by atoms with Crippen LogP contribution in [0.1, 0.15) is 0 Å². The predicted molar refractivity (Wildman–Crippen MR) is 108 cm³/mol. The fourth-order valence-corrected chi connectivity index (χ4v) is 3.11. The van der Waals surface area contributed by atoms with Gasteiger partial charge in [0.05, 0.1) is 10.2 Å². The summed E-state index contributed by atoms with van der Waals surface area (Å²) in [6.07, 6.45) is 1.65. The van der Waals surface area contributed by atoms with Crippen molar-refractivity contribution >= 4 is 38.3 Å². The van der Waals surface area contributed by atoms with Crippen molar-refractivity contribution in [1.29, 1.82) is 0 Å². The van der Waals surface area contributed by atoms with E-state index in [1.54, 1.807) is 18.2 Å². The van der Waals surface area contributed by atoms with Crippen molar-refractivity contribution in [3.63, 3.8) is 0 Å². The maximum atomic E-state index is 12.3. The van der Waals surface area contributed by atoms with E-state index in [-0.39, 0.29) is 12.5 Å². The summed E-state index contributed by atoms with van der Waals surface area (Å²) < 4.78 is 12.1. The fraction of sp³-hybridized carbons (Fsp3) is 0.0952. The fourth-order valence-electron chi connectivity index (χ4n) is 2.50.